The van der Waals surface area contributed by atoms with E-state index in [9.17, 15) is 19.5 Å². The molecule has 2 aliphatic carbocycles. The van der Waals surface area contributed by atoms with Crippen LogP contribution in [0.2, 0.25) is 0 Å². The lowest BCUT2D eigenvalue weighted by Crippen LogP contribution is -2.55. The predicted octanol–water partition coefficient (Wildman–Crippen LogP) is 10.2. The molecular formula is C44H80Cl2N4O7. The Morgan fingerprint density at radius 3 is 1.47 bits per heavy atom. The molecule has 3 saturated heterocycles. The first-order chi connectivity index (χ1) is 26.5. The van der Waals surface area contributed by atoms with Crippen molar-refractivity contribution in [2.24, 2.45) is 22.7 Å². The quantitative estimate of drug-likeness (QED) is 0.183. The number of cyclic esters (lactones) is 1. The van der Waals surface area contributed by atoms with Crippen LogP contribution in [0, 0.1) is 22.7 Å². The number of amides is 3. The molecule has 57 heavy (non-hydrogen) atoms. The number of rotatable bonds is 8. The molecule has 0 atom stereocenters. The van der Waals surface area contributed by atoms with Crippen molar-refractivity contribution in [1.29, 1.82) is 0 Å². The number of piperidine rings is 2. The number of nitrogens with zero attached hydrogens (tertiary/aromatic N) is 3. The molecule has 332 valence electrons. The standard InChI is InChI=1S/C22H38N2O4.C21H40N2O3.CH2Cl2/c1-20(2,3)28-18(25)23-13-11-22(12-14-23,17-9-7-6-8-10-17)15-24-19(26)27-16-21(24,4)5;1-19(2,3)26-18(25)23-13-11-21(12-14-23,15-22-20(4,5)16-24)17-9-7-6-8-10-17;2-1-3/h17H,6-16H2,1-5H3;17,22,24H,6-16H2,1-5H3;1H2. The van der Waals surface area contributed by atoms with Crippen molar-refractivity contribution in [1.82, 2.24) is 20.0 Å². The van der Waals surface area contributed by atoms with Gasteiger partial charge in [0.1, 0.15) is 17.8 Å². The number of ether oxygens (including phenoxy) is 3. The van der Waals surface area contributed by atoms with E-state index in [2.05, 4.69) is 33.0 Å². The third kappa shape index (κ3) is 15.1. The zero-order chi connectivity index (χ0) is 42.7. The van der Waals surface area contributed by atoms with Crippen molar-refractivity contribution < 1.29 is 33.7 Å². The normalized spacial score (nSPS) is 23.0. The van der Waals surface area contributed by atoms with Gasteiger partial charge in [0.2, 0.25) is 0 Å². The number of carbonyl (C=O) groups excluding carboxylic acids is 3. The molecule has 3 heterocycles. The van der Waals surface area contributed by atoms with E-state index < -0.39 is 11.2 Å². The summed E-state index contributed by atoms with van der Waals surface area (Å²) in [4.78, 5) is 43.1. The first-order valence-corrected chi connectivity index (χ1v) is 23.0. The van der Waals surface area contributed by atoms with Gasteiger partial charge in [0.05, 0.1) is 17.5 Å². The summed E-state index contributed by atoms with van der Waals surface area (Å²) in [5, 5.41) is 13.4. The number of halogens is 2. The van der Waals surface area contributed by atoms with Crippen LogP contribution in [0.5, 0.6) is 0 Å². The van der Waals surface area contributed by atoms with Crippen LogP contribution >= 0.6 is 23.2 Å². The van der Waals surface area contributed by atoms with Crippen LogP contribution in [0.1, 0.15) is 159 Å². The summed E-state index contributed by atoms with van der Waals surface area (Å²) >= 11 is 9.53. The Labute approximate surface area is 355 Å². The molecule has 0 aromatic heterocycles. The molecule has 0 spiro atoms. The van der Waals surface area contributed by atoms with Crippen LogP contribution in [0.25, 0.3) is 0 Å². The Morgan fingerprint density at radius 2 is 1.12 bits per heavy atom. The van der Waals surface area contributed by atoms with E-state index >= 15 is 0 Å². The number of hydrogen-bond acceptors (Lipinski definition) is 8. The number of nitrogens with one attached hydrogen (secondary N) is 1. The third-order valence-corrected chi connectivity index (χ3v) is 13.1. The van der Waals surface area contributed by atoms with Crippen molar-refractivity contribution in [3.05, 3.63) is 0 Å². The SMILES string of the molecule is CC(C)(C)OC(=O)N1CCC(CN2C(=O)OCC2(C)C)(C2CCCCC2)CC1.CC(C)(CO)NCC1(C2CCCCC2)CCN(C(=O)OC(C)(C)C)CC1.ClCCl. The Morgan fingerprint density at radius 1 is 0.737 bits per heavy atom. The summed E-state index contributed by atoms with van der Waals surface area (Å²) < 4.78 is 16.5. The van der Waals surface area contributed by atoms with Gasteiger partial charge in [-0.25, -0.2) is 14.4 Å². The van der Waals surface area contributed by atoms with Gasteiger partial charge in [-0.05, 0) is 143 Å². The van der Waals surface area contributed by atoms with Crippen molar-refractivity contribution in [2.45, 2.75) is 181 Å². The largest absolute Gasteiger partial charge is 0.447 e. The van der Waals surface area contributed by atoms with Gasteiger partial charge in [-0.1, -0.05) is 38.5 Å². The Hall–Kier alpha value is -1.69. The monoisotopic (exact) mass is 847 g/mol. The number of alkyl halides is 2. The van der Waals surface area contributed by atoms with Crippen molar-refractivity contribution in [3.8, 4) is 0 Å². The van der Waals surface area contributed by atoms with Gasteiger partial charge in [-0.2, -0.15) is 0 Å². The lowest BCUT2D eigenvalue weighted by atomic mass is 9.63. The molecule has 13 heteroatoms. The topological polar surface area (TPSA) is 121 Å². The van der Waals surface area contributed by atoms with Crippen molar-refractivity contribution >= 4 is 41.5 Å². The Kier molecular flexibility index (Phi) is 18.5. The zero-order valence-corrected chi connectivity index (χ0v) is 38.9. The van der Waals surface area contributed by atoms with Crippen LogP contribution in [-0.2, 0) is 14.2 Å². The van der Waals surface area contributed by atoms with Crippen LogP contribution < -0.4 is 5.32 Å². The van der Waals surface area contributed by atoms with Gasteiger partial charge in [0.25, 0.3) is 0 Å². The highest BCUT2D eigenvalue weighted by Gasteiger charge is 2.50. The Balaban J connectivity index is 0.000000287. The fraction of sp³-hybridized carbons (Fsp3) is 0.932. The fourth-order valence-electron chi connectivity index (χ4n) is 9.48. The number of hydrogen-bond donors (Lipinski definition) is 2. The molecule has 0 aromatic carbocycles. The second-order valence-corrected chi connectivity index (χ2v) is 21.6. The molecule has 0 radical (unpaired) electrons. The van der Waals surface area contributed by atoms with Crippen LogP contribution in [0.15, 0.2) is 0 Å². The molecule has 3 amide bonds. The molecule has 5 rings (SSSR count). The highest BCUT2D eigenvalue weighted by atomic mass is 35.5. The molecule has 2 saturated carbocycles. The summed E-state index contributed by atoms with van der Waals surface area (Å²) in [5.74, 6) is 1.34. The Bertz CT molecular complexity index is 1260. The van der Waals surface area contributed by atoms with Crippen LogP contribution in [-0.4, -0.2) is 118 Å². The van der Waals surface area contributed by atoms with Gasteiger partial charge < -0.3 is 34.4 Å². The maximum Gasteiger partial charge on any atom is 0.410 e. The van der Waals surface area contributed by atoms with Gasteiger partial charge in [0.15, 0.2) is 0 Å². The lowest BCUT2D eigenvalue weighted by Gasteiger charge is -2.50. The molecule has 0 aromatic rings. The predicted molar refractivity (Wildman–Crippen MR) is 230 cm³/mol. The summed E-state index contributed by atoms with van der Waals surface area (Å²) in [6.07, 6.45) is 16.2. The summed E-state index contributed by atoms with van der Waals surface area (Å²) in [5.41, 5.74) is -1.14. The minimum absolute atomic E-state index is 0.0690. The second-order valence-electron chi connectivity index (χ2n) is 20.8. The number of likely N-dealkylation sites (tertiary alicyclic amines) is 2. The van der Waals surface area contributed by atoms with Gasteiger partial charge >= 0.3 is 18.3 Å². The van der Waals surface area contributed by atoms with Crippen molar-refractivity contribution in [3.63, 3.8) is 0 Å². The number of aliphatic hydroxyl groups excluding tert-OH is 1. The van der Waals surface area contributed by atoms with E-state index in [1.54, 1.807) is 0 Å². The van der Waals surface area contributed by atoms with E-state index in [0.29, 0.717) is 25.6 Å². The average Bonchev–Trinajstić information content (AvgIpc) is 3.41. The highest BCUT2D eigenvalue weighted by molar-refractivity contribution is 6.40. The van der Waals surface area contributed by atoms with Gasteiger partial charge in [0, 0.05) is 44.8 Å². The average molecular weight is 848 g/mol. The summed E-state index contributed by atoms with van der Waals surface area (Å²) in [6.45, 7) is 25.0. The third-order valence-electron chi connectivity index (χ3n) is 13.1. The minimum Gasteiger partial charge on any atom is -0.447 e. The lowest BCUT2D eigenvalue weighted by molar-refractivity contribution is -0.0211. The zero-order valence-electron chi connectivity index (χ0n) is 37.4. The van der Waals surface area contributed by atoms with E-state index in [1.807, 2.05) is 56.2 Å². The maximum absolute atomic E-state index is 12.5. The molecule has 0 bridgehead atoms. The van der Waals surface area contributed by atoms with Crippen LogP contribution in [0.4, 0.5) is 14.4 Å². The van der Waals surface area contributed by atoms with E-state index in [1.165, 1.54) is 64.2 Å². The van der Waals surface area contributed by atoms with Crippen LogP contribution in [0.3, 0.4) is 0 Å². The second kappa shape index (κ2) is 21.2. The highest BCUT2D eigenvalue weighted by Crippen LogP contribution is 2.48. The molecule has 11 nitrogen and oxygen atoms in total. The summed E-state index contributed by atoms with van der Waals surface area (Å²) in [7, 11) is 0. The molecule has 5 fully saturated rings. The maximum atomic E-state index is 12.5. The van der Waals surface area contributed by atoms with E-state index in [0.717, 1.165) is 57.8 Å². The first-order valence-electron chi connectivity index (χ1n) is 21.9. The smallest absolute Gasteiger partial charge is 0.410 e. The van der Waals surface area contributed by atoms with Gasteiger partial charge in [-0.3, -0.25) is 4.90 Å². The number of carbonyl (C=O) groups is 3. The number of aliphatic hydroxyl groups is 1. The molecule has 0 unspecified atom stereocenters. The molecule has 3 aliphatic heterocycles. The first kappa shape index (κ1) is 49.7. The molecule has 2 N–H and O–H groups in total. The minimum atomic E-state index is -0.474. The van der Waals surface area contributed by atoms with E-state index in [4.69, 9.17) is 37.4 Å². The van der Waals surface area contributed by atoms with E-state index in [-0.39, 0.29) is 52.1 Å². The summed E-state index contributed by atoms with van der Waals surface area (Å²) in [6, 6.07) is 0. The van der Waals surface area contributed by atoms with Crippen molar-refractivity contribution in [2.75, 3.05) is 57.8 Å². The molecule has 5 aliphatic rings. The van der Waals surface area contributed by atoms with Gasteiger partial charge in [-0.15, -0.1) is 23.2 Å². The fourth-order valence-corrected chi connectivity index (χ4v) is 9.48. The molecular weight excluding hydrogens is 767 g/mol.